The first-order chi connectivity index (χ1) is 17.4. The Hall–Kier alpha value is -3.09. The molecule has 0 spiro atoms. The third-order valence-electron chi connectivity index (χ3n) is 6.62. The maximum Gasteiger partial charge on any atom is 0.242 e. The molecule has 0 unspecified atom stereocenters. The van der Waals surface area contributed by atoms with Gasteiger partial charge in [-0.2, -0.15) is 0 Å². The lowest BCUT2D eigenvalue weighted by Crippen LogP contribution is -2.50. The summed E-state index contributed by atoms with van der Waals surface area (Å²) in [6, 6.07) is 11.3. The Morgan fingerprint density at radius 3 is 2.28 bits per heavy atom. The fraction of sp³-hybridized carbons (Fsp3) is 0.517. The Kier molecular flexibility index (Phi) is 10.6. The van der Waals surface area contributed by atoms with Gasteiger partial charge in [0.05, 0.1) is 13.2 Å². The van der Waals surface area contributed by atoms with Gasteiger partial charge in [-0.1, -0.05) is 37.5 Å². The van der Waals surface area contributed by atoms with Gasteiger partial charge in [-0.25, -0.2) is 4.39 Å². The molecule has 1 N–H and O–H groups in total. The molecule has 2 amide bonds. The number of halogens is 1. The second-order valence-corrected chi connectivity index (χ2v) is 9.31. The second-order valence-electron chi connectivity index (χ2n) is 9.31. The maximum absolute atomic E-state index is 13.4. The number of nitrogens with zero attached hydrogens (tertiary/aromatic N) is 1. The van der Waals surface area contributed by atoms with Crippen molar-refractivity contribution < 1.29 is 23.5 Å². The normalized spacial score (nSPS) is 14.7. The minimum atomic E-state index is -0.635. The molecule has 0 aliphatic heterocycles. The van der Waals surface area contributed by atoms with Crippen LogP contribution in [0.4, 0.5) is 4.39 Å². The molecule has 0 heterocycles. The first-order valence-electron chi connectivity index (χ1n) is 13.1. The van der Waals surface area contributed by atoms with Gasteiger partial charge in [0, 0.05) is 19.0 Å². The summed E-state index contributed by atoms with van der Waals surface area (Å²) in [6.07, 6.45) is 6.12. The van der Waals surface area contributed by atoms with E-state index in [9.17, 15) is 14.0 Å². The molecule has 3 rings (SSSR count). The fourth-order valence-electron chi connectivity index (χ4n) is 4.58. The summed E-state index contributed by atoms with van der Waals surface area (Å²) < 4.78 is 24.8. The molecule has 1 saturated carbocycles. The van der Waals surface area contributed by atoms with Crippen LogP contribution in [0.15, 0.2) is 42.5 Å². The number of amides is 2. The van der Waals surface area contributed by atoms with Gasteiger partial charge in [-0.05, 0) is 75.4 Å². The first-order valence-corrected chi connectivity index (χ1v) is 13.1. The van der Waals surface area contributed by atoms with Crippen LogP contribution >= 0.6 is 0 Å². The first kappa shape index (κ1) is 27.5. The van der Waals surface area contributed by atoms with E-state index in [0.29, 0.717) is 31.1 Å². The molecule has 2 aromatic rings. The predicted octanol–water partition coefficient (Wildman–Crippen LogP) is 5.42. The fourth-order valence-corrected chi connectivity index (χ4v) is 4.58. The molecule has 36 heavy (non-hydrogen) atoms. The zero-order chi connectivity index (χ0) is 25.9. The largest absolute Gasteiger partial charge is 0.490 e. The molecule has 1 atom stereocenters. The molecular formula is C29H39FN2O4. The summed E-state index contributed by atoms with van der Waals surface area (Å²) in [4.78, 5) is 28.1. The van der Waals surface area contributed by atoms with Crippen LogP contribution in [0.25, 0.3) is 0 Å². The highest BCUT2D eigenvalue weighted by Gasteiger charge is 2.28. The van der Waals surface area contributed by atoms with E-state index in [0.717, 1.165) is 36.8 Å². The van der Waals surface area contributed by atoms with Gasteiger partial charge in [0.25, 0.3) is 0 Å². The summed E-state index contributed by atoms with van der Waals surface area (Å²) in [5.74, 6) is 0.739. The lowest BCUT2D eigenvalue weighted by molar-refractivity contribution is -0.141. The van der Waals surface area contributed by atoms with Crippen molar-refractivity contribution in [2.45, 2.75) is 84.3 Å². The van der Waals surface area contributed by atoms with Crippen molar-refractivity contribution in [1.29, 1.82) is 0 Å². The number of aryl methyl sites for hydroxylation is 1. The highest BCUT2D eigenvalue weighted by atomic mass is 19.1. The molecular weight excluding hydrogens is 459 g/mol. The smallest absolute Gasteiger partial charge is 0.242 e. The summed E-state index contributed by atoms with van der Waals surface area (Å²) in [6.45, 7) is 6.90. The Bertz CT molecular complexity index is 989. The van der Waals surface area contributed by atoms with Gasteiger partial charge in [-0.3, -0.25) is 9.59 Å². The SMILES string of the molecule is CCOc1ccc(CCC(=O)N(Cc2ccc(F)cc2)[C@H](C)C(=O)NC2CCCCC2)cc1OCC. The van der Waals surface area contributed by atoms with Gasteiger partial charge in [0.15, 0.2) is 11.5 Å². The molecule has 0 saturated heterocycles. The monoisotopic (exact) mass is 498 g/mol. The summed E-state index contributed by atoms with van der Waals surface area (Å²) in [5.41, 5.74) is 1.73. The number of carbonyl (C=O) groups is 2. The third-order valence-corrected chi connectivity index (χ3v) is 6.62. The lowest BCUT2D eigenvalue weighted by atomic mass is 9.95. The average molecular weight is 499 g/mol. The quantitative estimate of drug-likeness (QED) is 0.424. The van der Waals surface area contributed by atoms with Crippen molar-refractivity contribution in [3.05, 3.63) is 59.4 Å². The number of hydrogen-bond donors (Lipinski definition) is 1. The van der Waals surface area contributed by atoms with E-state index in [1.54, 1.807) is 24.0 Å². The second kappa shape index (κ2) is 13.9. The topological polar surface area (TPSA) is 67.9 Å². The van der Waals surface area contributed by atoms with Gasteiger partial charge in [-0.15, -0.1) is 0 Å². The summed E-state index contributed by atoms with van der Waals surface area (Å²) in [5, 5.41) is 3.14. The number of benzene rings is 2. The van der Waals surface area contributed by atoms with E-state index >= 15 is 0 Å². The average Bonchev–Trinajstić information content (AvgIpc) is 2.88. The Balaban J connectivity index is 1.71. The zero-order valence-electron chi connectivity index (χ0n) is 21.7. The van der Waals surface area contributed by atoms with Crippen molar-refractivity contribution in [3.8, 4) is 11.5 Å². The molecule has 0 radical (unpaired) electrons. The van der Waals surface area contributed by atoms with Crippen LogP contribution < -0.4 is 14.8 Å². The van der Waals surface area contributed by atoms with Gasteiger partial charge < -0.3 is 19.7 Å². The van der Waals surface area contributed by atoms with Crippen LogP contribution in [0, 0.1) is 5.82 Å². The van der Waals surface area contributed by atoms with Crippen molar-refractivity contribution in [3.63, 3.8) is 0 Å². The molecule has 1 aliphatic rings. The van der Waals surface area contributed by atoms with Crippen LogP contribution in [0.3, 0.4) is 0 Å². The van der Waals surface area contributed by atoms with Crippen LogP contribution in [-0.4, -0.2) is 42.0 Å². The van der Waals surface area contributed by atoms with E-state index in [4.69, 9.17) is 9.47 Å². The minimum absolute atomic E-state index is 0.127. The lowest BCUT2D eigenvalue weighted by Gasteiger charge is -2.31. The van der Waals surface area contributed by atoms with Crippen molar-refractivity contribution in [1.82, 2.24) is 10.2 Å². The molecule has 196 valence electrons. The van der Waals surface area contributed by atoms with Crippen LogP contribution in [0.1, 0.15) is 70.4 Å². The maximum atomic E-state index is 13.4. The van der Waals surface area contributed by atoms with Crippen molar-refractivity contribution in [2.24, 2.45) is 0 Å². The number of carbonyl (C=O) groups excluding carboxylic acids is 2. The van der Waals surface area contributed by atoms with E-state index in [1.807, 2.05) is 32.0 Å². The van der Waals surface area contributed by atoms with E-state index in [2.05, 4.69) is 5.32 Å². The zero-order valence-corrected chi connectivity index (χ0v) is 21.7. The molecule has 0 bridgehead atoms. The van der Waals surface area contributed by atoms with Crippen LogP contribution in [0.5, 0.6) is 11.5 Å². The molecule has 6 nitrogen and oxygen atoms in total. The minimum Gasteiger partial charge on any atom is -0.490 e. The van der Waals surface area contributed by atoms with E-state index < -0.39 is 6.04 Å². The van der Waals surface area contributed by atoms with Crippen molar-refractivity contribution in [2.75, 3.05) is 13.2 Å². The Morgan fingerprint density at radius 1 is 0.972 bits per heavy atom. The van der Waals surface area contributed by atoms with E-state index in [1.165, 1.54) is 18.6 Å². The highest BCUT2D eigenvalue weighted by Crippen LogP contribution is 2.29. The van der Waals surface area contributed by atoms with E-state index in [-0.39, 0.29) is 36.6 Å². The van der Waals surface area contributed by atoms with Gasteiger partial charge in [0.2, 0.25) is 11.8 Å². The number of rotatable bonds is 12. The van der Waals surface area contributed by atoms with Gasteiger partial charge >= 0.3 is 0 Å². The third kappa shape index (κ3) is 7.97. The molecule has 1 aliphatic carbocycles. The summed E-state index contributed by atoms with van der Waals surface area (Å²) in [7, 11) is 0. The molecule has 1 fully saturated rings. The Labute approximate surface area is 214 Å². The van der Waals surface area contributed by atoms with Crippen LogP contribution in [-0.2, 0) is 22.6 Å². The predicted molar refractivity (Wildman–Crippen MR) is 139 cm³/mol. The molecule has 0 aromatic heterocycles. The number of hydrogen-bond acceptors (Lipinski definition) is 4. The van der Waals surface area contributed by atoms with Crippen molar-refractivity contribution >= 4 is 11.8 Å². The number of nitrogens with one attached hydrogen (secondary N) is 1. The molecule has 2 aromatic carbocycles. The molecule has 7 heteroatoms. The number of ether oxygens (including phenoxy) is 2. The standard InChI is InChI=1S/C29H39FN2O4/c1-4-35-26-17-13-22(19-27(26)36-5-2)14-18-28(33)32(20-23-11-15-24(30)16-12-23)21(3)29(34)31-25-9-7-6-8-10-25/h11-13,15-17,19,21,25H,4-10,14,18,20H2,1-3H3,(H,31,34)/t21-/m1/s1. The highest BCUT2D eigenvalue weighted by molar-refractivity contribution is 5.87. The van der Waals surface area contributed by atoms with Crippen LogP contribution in [0.2, 0.25) is 0 Å². The van der Waals surface area contributed by atoms with Gasteiger partial charge in [0.1, 0.15) is 11.9 Å². The summed E-state index contributed by atoms with van der Waals surface area (Å²) >= 11 is 0. The Morgan fingerprint density at radius 2 is 1.61 bits per heavy atom.